The molecule has 1 aliphatic rings. The highest BCUT2D eigenvalue weighted by Crippen LogP contribution is 2.31. The molecule has 8 heteroatoms. The van der Waals surface area contributed by atoms with E-state index in [0.29, 0.717) is 41.7 Å². The predicted octanol–water partition coefficient (Wildman–Crippen LogP) is 4.48. The van der Waals surface area contributed by atoms with E-state index in [9.17, 15) is 13.2 Å². The standard InChI is InChI=1S/C20H22Cl2N2O3S/c1-14-4-2-5-15(12-14)13-28(26,27)24-10-8-16(9-11-24)20(25)23-19-17(21)6-3-7-18(19)22/h2-7,12,16H,8-11,13H2,1H3,(H,23,25). The molecular weight excluding hydrogens is 419 g/mol. The molecule has 2 aromatic carbocycles. The maximum Gasteiger partial charge on any atom is 0.227 e. The first-order valence-corrected chi connectivity index (χ1v) is 11.4. The predicted molar refractivity (Wildman–Crippen MR) is 113 cm³/mol. The zero-order valence-electron chi connectivity index (χ0n) is 15.5. The van der Waals surface area contributed by atoms with E-state index in [1.165, 1.54) is 4.31 Å². The lowest BCUT2D eigenvalue weighted by Gasteiger charge is -2.30. The minimum Gasteiger partial charge on any atom is -0.323 e. The molecule has 150 valence electrons. The summed E-state index contributed by atoms with van der Waals surface area (Å²) in [4.78, 5) is 12.6. The van der Waals surface area contributed by atoms with Crippen LogP contribution in [0.4, 0.5) is 5.69 Å². The summed E-state index contributed by atoms with van der Waals surface area (Å²) in [6.45, 7) is 2.58. The van der Waals surface area contributed by atoms with E-state index in [2.05, 4.69) is 5.32 Å². The Kier molecular flexibility index (Phi) is 6.65. The number of carbonyl (C=O) groups excluding carboxylic acids is 1. The molecule has 1 N–H and O–H groups in total. The normalized spacial score (nSPS) is 16.1. The van der Waals surface area contributed by atoms with Gasteiger partial charge in [0.15, 0.2) is 0 Å². The maximum atomic E-state index is 12.7. The molecule has 0 bridgehead atoms. The average Bonchev–Trinajstić information content (AvgIpc) is 2.64. The Balaban J connectivity index is 1.60. The molecule has 28 heavy (non-hydrogen) atoms. The largest absolute Gasteiger partial charge is 0.323 e. The van der Waals surface area contributed by atoms with Gasteiger partial charge in [-0.1, -0.05) is 59.1 Å². The fraction of sp³-hybridized carbons (Fsp3) is 0.350. The lowest BCUT2D eigenvalue weighted by molar-refractivity contribution is -0.120. The average molecular weight is 441 g/mol. The van der Waals surface area contributed by atoms with Gasteiger partial charge < -0.3 is 5.32 Å². The van der Waals surface area contributed by atoms with Crippen LogP contribution in [0.2, 0.25) is 10.0 Å². The second-order valence-electron chi connectivity index (χ2n) is 7.00. The van der Waals surface area contributed by atoms with Gasteiger partial charge in [-0.05, 0) is 37.5 Å². The van der Waals surface area contributed by atoms with Crippen molar-refractivity contribution in [3.63, 3.8) is 0 Å². The number of sulfonamides is 1. The van der Waals surface area contributed by atoms with Crippen molar-refractivity contribution in [1.29, 1.82) is 0 Å². The molecule has 3 rings (SSSR count). The van der Waals surface area contributed by atoms with Gasteiger partial charge in [0.25, 0.3) is 0 Å². The van der Waals surface area contributed by atoms with E-state index < -0.39 is 10.0 Å². The summed E-state index contributed by atoms with van der Waals surface area (Å²) in [6, 6.07) is 12.5. The number of amides is 1. The third-order valence-corrected chi connectivity index (χ3v) is 7.34. The number of hydrogen-bond acceptors (Lipinski definition) is 3. The Morgan fingerprint density at radius 2 is 1.71 bits per heavy atom. The molecule has 0 aromatic heterocycles. The number of aryl methyl sites for hydroxylation is 1. The highest BCUT2D eigenvalue weighted by molar-refractivity contribution is 7.88. The van der Waals surface area contributed by atoms with Crippen molar-refractivity contribution in [2.75, 3.05) is 18.4 Å². The van der Waals surface area contributed by atoms with Gasteiger partial charge >= 0.3 is 0 Å². The van der Waals surface area contributed by atoms with Crippen molar-refractivity contribution in [3.8, 4) is 0 Å². The number of rotatable bonds is 5. The van der Waals surface area contributed by atoms with Gasteiger partial charge in [-0.3, -0.25) is 4.79 Å². The number of nitrogens with one attached hydrogen (secondary N) is 1. The van der Waals surface area contributed by atoms with Crippen LogP contribution in [0.1, 0.15) is 24.0 Å². The fourth-order valence-corrected chi connectivity index (χ4v) is 5.38. The quantitative estimate of drug-likeness (QED) is 0.744. The van der Waals surface area contributed by atoms with Crippen LogP contribution in [0.25, 0.3) is 0 Å². The van der Waals surface area contributed by atoms with Crippen molar-refractivity contribution < 1.29 is 13.2 Å². The van der Waals surface area contributed by atoms with Crippen LogP contribution < -0.4 is 5.32 Å². The van der Waals surface area contributed by atoms with Crippen molar-refractivity contribution >= 4 is 44.8 Å². The SMILES string of the molecule is Cc1cccc(CS(=O)(=O)N2CCC(C(=O)Nc3c(Cl)cccc3Cl)CC2)c1. The van der Waals surface area contributed by atoms with E-state index >= 15 is 0 Å². The molecule has 1 fully saturated rings. The van der Waals surface area contributed by atoms with Gasteiger partial charge in [-0.2, -0.15) is 0 Å². The van der Waals surface area contributed by atoms with Crippen LogP contribution in [0.5, 0.6) is 0 Å². The van der Waals surface area contributed by atoms with Gasteiger partial charge in [0, 0.05) is 19.0 Å². The van der Waals surface area contributed by atoms with Crippen LogP contribution in [-0.4, -0.2) is 31.7 Å². The summed E-state index contributed by atoms with van der Waals surface area (Å²) in [7, 11) is -3.42. The van der Waals surface area contributed by atoms with Crippen LogP contribution >= 0.6 is 23.2 Å². The van der Waals surface area contributed by atoms with Crippen LogP contribution in [-0.2, 0) is 20.6 Å². The topological polar surface area (TPSA) is 66.5 Å². The summed E-state index contributed by atoms with van der Waals surface area (Å²) >= 11 is 12.2. The van der Waals surface area contributed by atoms with Crippen molar-refractivity contribution in [2.24, 2.45) is 5.92 Å². The molecule has 0 atom stereocenters. The second-order valence-corrected chi connectivity index (χ2v) is 9.79. The van der Waals surface area contributed by atoms with E-state index in [4.69, 9.17) is 23.2 Å². The molecular formula is C20H22Cl2N2O3S. The Hall–Kier alpha value is -1.60. The monoisotopic (exact) mass is 440 g/mol. The molecule has 1 aliphatic heterocycles. The number of hydrogen-bond donors (Lipinski definition) is 1. The Labute approximate surface area is 175 Å². The first-order valence-electron chi connectivity index (χ1n) is 9.04. The molecule has 1 heterocycles. The van der Waals surface area contributed by atoms with Gasteiger partial charge in [-0.25, -0.2) is 12.7 Å². The Morgan fingerprint density at radius 1 is 1.11 bits per heavy atom. The zero-order valence-corrected chi connectivity index (χ0v) is 17.8. The third kappa shape index (κ3) is 5.06. The molecule has 0 radical (unpaired) electrons. The molecule has 1 saturated heterocycles. The Bertz CT molecular complexity index is 951. The molecule has 0 spiro atoms. The Morgan fingerprint density at radius 3 is 2.32 bits per heavy atom. The van der Waals surface area contributed by atoms with Crippen LogP contribution in [0.15, 0.2) is 42.5 Å². The molecule has 5 nitrogen and oxygen atoms in total. The molecule has 0 aliphatic carbocycles. The minimum atomic E-state index is -3.42. The summed E-state index contributed by atoms with van der Waals surface area (Å²) < 4.78 is 26.9. The summed E-state index contributed by atoms with van der Waals surface area (Å²) in [5, 5.41) is 3.53. The zero-order chi connectivity index (χ0) is 20.3. The highest BCUT2D eigenvalue weighted by Gasteiger charge is 2.31. The summed E-state index contributed by atoms with van der Waals surface area (Å²) in [5.74, 6) is -0.496. The maximum absolute atomic E-state index is 12.7. The van der Waals surface area contributed by atoms with E-state index in [1.54, 1.807) is 18.2 Å². The van der Waals surface area contributed by atoms with Crippen LogP contribution in [0, 0.1) is 12.8 Å². The number of piperidine rings is 1. The molecule has 1 amide bonds. The van der Waals surface area contributed by atoms with E-state index in [1.807, 2.05) is 31.2 Å². The smallest absolute Gasteiger partial charge is 0.227 e. The van der Waals surface area contributed by atoms with Crippen molar-refractivity contribution in [1.82, 2.24) is 4.31 Å². The number of anilines is 1. The highest BCUT2D eigenvalue weighted by atomic mass is 35.5. The van der Waals surface area contributed by atoms with Gasteiger partial charge in [0.2, 0.25) is 15.9 Å². The number of halogens is 2. The third-order valence-electron chi connectivity index (χ3n) is 4.86. The van der Waals surface area contributed by atoms with Crippen molar-refractivity contribution in [3.05, 3.63) is 63.6 Å². The fourth-order valence-electron chi connectivity index (χ4n) is 3.34. The van der Waals surface area contributed by atoms with Crippen LogP contribution in [0.3, 0.4) is 0 Å². The molecule has 0 unspecified atom stereocenters. The lowest BCUT2D eigenvalue weighted by Crippen LogP contribution is -2.41. The second kappa shape index (κ2) is 8.82. The number of carbonyl (C=O) groups is 1. The summed E-state index contributed by atoms with van der Waals surface area (Å²) in [5.41, 5.74) is 2.19. The minimum absolute atomic E-state index is 0.0270. The first-order chi connectivity index (χ1) is 13.3. The van der Waals surface area contributed by atoms with Gasteiger partial charge in [0.05, 0.1) is 21.5 Å². The number of nitrogens with zero attached hydrogens (tertiary/aromatic N) is 1. The van der Waals surface area contributed by atoms with E-state index in [-0.39, 0.29) is 17.6 Å². The first kappa shape index (κ1) is 21.1. The van der Waals surface area contributed by atoms with Gasteiger partial charge in [0.1, 0.15) is 0 Å². The summed E-state index contributed by atoms with van der Waals surface area (Å²) in [6.07, 6.45) is 0.919. The van der Waals surface area contributed by atoms with E-state index in [0.717, 1.165) is 11.1 Å². The lowest BCUT2D eigenvalue weighted by atomic mass is 9.97. The number of para-hydroxylation sites is 1. The number of benzene rings is 2. The van der Waals surface area contributed by atoms with Crippen molar-refractivity contribution in [2.45, 2.75) is 25.5 Å². The molecule has 0 saturated carbocycles. The molecule has 2 aromatic rings. The van der Waals surface area contributed by atoms with Gasteiger partial charge in [-0.15, -0.1) is 0 Å².